The van der Waals surface area contributed by atoms with Crippen molar-refractivity contribution in [3.63, 3.8) is 0 Å². The summed E-state index contributed by atoms with van der Waals surface area (Å²) in [7, 11) is 0. The predicted molar refractivity (Wildman–Crippen MR) is 67.9 cm³/mol. The van der Waals surface area contributed by atoms with Crippen molar-refractivity contribution in [1.82, 2.24) is 5.32 Å². The van der Waals surface area contributed by atoms with Crippen LogP contribution in [0.1, 0.15) is 11.1 Å². The number of esters is 1. The minimum atomic E-state index is -4.48. The lowest BCUT2D eigenvalue weighted by atomic mass is 10.1. The van der Waals surface area contributed by atoms with E-state index in [9.17, 15) is 22.8 Å². The van der Waals surface area contributed by atoms with Crippen molar-refractivity contribution in [3.05, 3.63) is 35.4 Å². The number of benzene rings is 1. The van der Waals surface area contributed by atoms with Crippen LogP contribution < -0.4 is 5.32 Å². The van der Waals surface area contributed by atoms with Crippen LogP contribution in [0.2, 0.25) is 0 Å². The van der Waals surface area contributed by atoms with Crippen LogP contribution in [0.15, 0.2) is 24.3 Å². The van der Waals surface area contributed by atoms with Crippen molar-refractivity contribution in [2.75, 3.05) is 13.2 Å². The normalized spacial score (nSPS) is 10.6. The first-order valence-electron chi connectivity index (χ1n) is 5.85. The fraction of sp³-hybridized carbons (Fsp3) is 0.286. The van der Waals surface area contributed by atoms with Gasteiger partial charge < -0.3 is 10.1 Å². The van der Waals surface area contributed by atoms with Gasteiger partial charge in [-0.05, 0) is 11.6 Å². The van der Waals surface area contributed by atoms with Gasteiger partial charge >= 0.3 is 12.1 Å². The molecule has 0 atom stereocenters. The van der Waals surface area contributed by atoms with Gasteiger partial charge in [-0.15, -0.1) is 6.42 Å². The van der Waals surface area contributed by atoms with E-state index in [2.05, 4.69) is 16.0 Å². The fourth-order valence-corrected chi connectivity index (χ4v) is 1.42. The molecule has 0 saturated heterocycles. The highest BCUT2D eigenvalue weighted by Crippen LogP contribution is 2.29. The third-order valence-corrected chi connectivity index (χ3v) is 2.35. The van der Waals surface area contributed by atoms with Crippen LogP contribution in [0.4, 0.5) is 13.2 Å². The number of hydrogen-bond donors (Lipinski definition) is 1. The lowest BCUT2D eigenvalue weighted by Crippen LogP contribution is -2.29. The molecule has 4 nitrogen and oxygen atoms in total. The monoisotopic (exact) mass is 299 g/mol. The third-order valence-electron chi connectivity index (χ3n) is 2.35. The Kier molecular flexibility index (Phi) is 5.79. The zero-order valence-corrected chi connectivity index (χ0v) is 10.9. The molecule has 0 unspecified atom stereocenters. The first-order chi connectivity index (χ1) is 9.82. The molecular formula is C14H12F3NO3. The summed E-state index contributed by atoms with van der Waals surface area (Å²) in [6, 6.07) is 4.34. The number of carbonyl (C=O) groups excluding carboxylic acids is 2. The molecule has 21 heavy (non-hydrogen) atoms. The van der Waals surface area contributed by atoms with Crippen LogP contribution in [0, 0.1) is 12.3 Å². The van der Waals surface area contributed by atoms with E-state index in [1.54, 1.807) is 0 Å². The molecular weight excluding hydrogens is 287 g/mol. The fourth-order valence-electron chi connectivity index (χ4n) is 1.42. The molecule has 0 saturated carbocycles. The lowest BCUT2D eigenvalue weighted by Gasteiger charge is -2.08. The van der Waals surface area contributed by atoms with Gasteiger partial charge in [0, 0.05) is 0 Å². The minimum Gasteiger partial charge on any atom is -0.455 e. The Hall–Kier alpha value is -2.49. The van der Waals surface area contributed by atoms with E-state index in [-0.39, 0.29) is 18.5 Å². The van der Waals surface area contributed by atoms with E-state index in [1.807, 2.05) is 0 Å². The third kappa shape index (κ3) is 5.99. The molecule has 7 heteroatoms. The van der Waals surface area contributed by atoms with Gasteiger partial charge in [0.05, 0.1) is 18.5 Å². The van der Waals surface area contributed by atoms with Gasteiger partial charge in [-0.2, -0.15) is 13.2 Å². The van der Waals surface area contributed by atoms with Gasteiger partial charge in [0.25, 0.3) is 5.91 Å². The first-order valence-corrected chi connectivity index (χ1v) is 5.85. The van der Waals surface area contributed by atoms with Crippen molar-refractivity contribution < 1.29 is 27.5 Å². The maximum absolute atomic E-state index is 12.5. The number of amides is 1. The van der Waals surface area contributed by atoms with E-state index in [1.165, 1.54) is 12.1 Å². The highest BCUT2D eigenvalue weighted by atomic mass is 19.4. The molecule has 0 bridgehead atoms. The standard InChI is InChI=1S/C14H12F3NO3/c1-2-6-18-12(19)9-21-13(20)8-10-4-3-5-11(7-10)14(15,16)17/h1,3-5,7H,6,8-9H2,(H,18,19). The first kappa shape index (κ1) is 16.6. The quantitative estimate of drug-likeness (QED) is 0.663. The number of halogens is 3. The van der Waals surface area contributed by atoms with Crippen LogP contribution in [-0.2, 0) is 26.9 Å². The molecule has 0 aliphatic carbocycles. The zero-order chi connectivity index (χ0) is 15.9. The predicted octanol–water partition coefficient (Wildman–Crippen LogP) is 1.54. The smallest absolute Gasteiger partial charge is 0.416 e. The van der Waals surface area contributed by atoms with E-state index >= 15 is 0 Å². The van der Waals surface area contributed by atoms with Crippen molar-refractivity contribution >= 4 is 11.9 Å². The molecule has 0 heterocycles. The summed E-state index contributed by atoms with van der Waals surface area (Å²) >= 11 is 0. The second kappa shape index (κ2) is 7.33. The summed E-state index contributed by atoms with van der Waals surface area (Å²) in [5.74, 6) is 0.788. The van der Waals surface area contributed by atoms with E-state index in [4.69, 9.17) is 6.42 Å². The van der Waals surface area contributed by atoms with Crippen LogP contribution in [0.5, 0.6) is 0 Å². The van der Waals surface area contributed by atoms with Gasteiger partial charge in [0.15, 0.2) is 6.61 Å². The van der Waals surface area contributed by atoms with Gasteiger partial charge in [-0.1, -0.05) is 24.1 Å². The maximum Gasteiger partial charge on any atom is 0.416 e. The molecule has 1 N–H and O–H groups in total. The molecule has 0 fully saturated rings. The zero-order valence-electron chi connectivity index (χ0n) is 10.9. The highest BCUT2D eigenvalue weighted by molar-refractivity contribution is 5.81. The Morgan fingerprint density at radius 2 is 2.05 bits per heavy atom. The number of rotatable bonds is 5. The summed E-state index contributed by atoms with van der Waals surface area (Å²) in [4.78, 5) is 22.5. The molecule has 1 aromatic rings. The van der Waals surface area contributed by atoms with Crippen molar-refractivity contribution in [2.45, 2.75) is 12.6 Å². The summed E-state index contributed by atoms with van der Waals surface area (Å²) in [5.41, 5.74) is -0.696. The van der Waals surface area contributed by atoms with Gasteiger partial charge in [-0.3, -0.25) is 9.59 Å². The Morgan fingerprint density at radius 3 is 2.67 bits per heavy atom. The van der Waals surface area contributed by atoms with Crippen LogP contribution >= 0.6 is 0 Å². The molecule has 0 radical (unpaired) electrons. The summed E-state index contributed by atoms with van der Waals surface area (Å²) < 4.78 is 42.1. The second-order valence-corrected chi connectivity index (χ2v) is 4.02. The van der Waals surface area contributed by atoms with E-state index in [0.29, 0.717) is 0 Å². The lowest BCUT2D eigenvalue weighted by molar-refractivity contribution is -0.147. The number of terminal acetylenes is 1. The number of nitrogens with one attached hydrogen (secondary N) is 1. The Morgan fingerprint density at radius 1 is 1.33 bits per heavy atom. The molecule has 1 amide bonds. The van der Waals surface area contributed by atoms with Crippen molar-refractivity contribution in [3.8, 4) is 12.3 Å². The Labute approximate surface area is 119 Å². The number of alkyl halides is 3. The maximum atomic E-state index is 12.5. The van der Waals surface area contributed by atoms with Gasteiger partial charge in [0.1, 0.15) is 0 Å². The Bertz CT molecular complexity index is 561. The van der Waals surface area contributed by atoms with Crippen molar-refractivity contribution in [1.29, 1.82) is 0 Å². The average Bonchev–Trinajstić information content (AvgIpc) is 2.42. The molecule has 1 rings (SSSR count). The summed E-state index contributed by atoms with van der Waals surface area (Å²) in [6.07, 6.45) is 0.0878. The molecule has 0 aliphatic rings. The average molecular weight is 299 g/mol. The molecule has 0 aromatic heterocycles. The molecule has 1 aromatic carbocycles. The minimum absolute atomic E-state index is 0.00398. The molecule has 112 valence electrons. The van der Waals surface area contributed by atoms with E-state index in [0.717, 1.165) is 12.1 Å². The molecule has 0 spiro atoms. The number of hydrogen-bond acceptors (Lipinski definition) is 3. The van der Waals surface area contributed by atoms with Gasteiger partial charge in [0.2, 0.25) is 0 Å². The largest absolute Gasteiger partial charge is 0.455 e. The SMILES string of the molecule is C#CCNC(=O)COC(=O)Cc1cccc(C(F)(F)F)c1. The van der Waals surface area contributed by atoms with Crippen LogP contribution in [0.3, 0.4) is 0 Å². The second-order valence-electron chi connectivity index (χ2n) is 4.02. The topological polar surface area (TPSA) is 55.4 Å². The number of ether oxygens (including phenoxy) is 1. The summed E-state index contributed by atoms with van der Waals surface area (Å²) in [5, 5.41) is 2.28. The highest BCUT2D eigenvalue weighted by Gasteiger charge is 2.30. The molecule has 0 aliphatic heterocycles. The Balaban J connectivity index is 2.52. The van der Waals surface area contributed by atoms with E-state index < -0.39 is 30.2 Å². The van der Waals surface area contributed by atoms with Gasteiger partial charge in [-0.25, -0.2) is 0 Å². The summed E-state index contributed by atoms with van der Waals surface area (Å²) in [6.45, 7) is -0.524. The van der Waals surface area contributed by atoms with Crippen LogP contribution in [-0.4, -0.2) is 25.0 Å². The van der Waals surface area contributed by atoms with Crippen molar-refractivity contribution in [2.24, 2.45) is 0 Å². The van der Waals surface area contributed by atoms with Crippen LogP contribution in [0.25, 0.3) is 0 Å². The number of carbonyl (C=O) groups is 2.